The number of hydrogen-bond acceptors (Lipinski definition) is 7. The van der Waals surface area contributed by atoms with Gasteiger partial charge in [0.1, 0.15) is 5.75 Å². The van der Waals surface area contributed by atoms with E-state index in [0.29, 0.717) is 13.0 Å². The van der Waals surface area contributed by atoms with Gasteiger partial charge in [-0.2, -0.15) is 0 Å². The molecule has 3 aromatic heterocycles. The van der Waals surface area contributed by atoms with Crippen molar-refractivity contribution in [2.45, 2.75) is 25.7 Å². The SMILES string of the molecule is COC(=O)CCCCCOc1ccc2nc3c4cccnc4c4ncccc4c3nc2c1. The lowest BCUT2D eigenvalue weighted by atomic mass is 10.1. The van der Waals surface area contributed by atoms with Gasteiger partial charge in [-0.15, -0.1) is 0 Å². The van der Waals surface area contributed by atoms with Gasteiger partial charge in [0.15, 0.2) is 0 Å². The highest BCUT2D eigenvalue weighted by Crippen LogP contribution is 2.32. The summed E-state index contributed by atoms with van der Waals surface area (Å²) in [7, 11) is 1.41. The summed E-state index contributed by atoms with van der Waals surface area (Å²) in [4.78, 5) is 30.1. The molecule has 7 nitrogen and oxygen atoms in total. The molecule has 5 aromatic rings. The van der Waals surface area contributed by atoms with Crippen molar-refractivity contribution in [3.8, 4) is 5.75 Å². The second-order valence-corrected chi connectivity index (χ2v) is 7.61. The van der Waals surface area contributed by atoms with E-state index in [9.17, 15) is 4.79 Å². The van der Waals surface area contributed by atoms with Crippen LogP contribution in [0.2, 0.25) is 0 Å². The van der Waals surface area contributed by atoms with E-state index in [-0.39, 0.29) is 5.97 Å². The maximum atomic E-state index is 11.2. The molecule has 0 aliphatic carbocycles. The third-order valence-electron chi connectivity index (χ3n) is 5.51. The van der Waals surface area contributed by atoms with Crippen LogP contribution in [-0.2, 0) is 9.53 Å². The molecular formula is C25H22N4O3. The highest BCUT2D eigenvalue weighted by molar-refractivity contribution is 6.21. The third kappa shape index (κ3) is 3.77. The lowest BCUT2D eigenvalue weighted by Gasteiger charge is -2.10. The fourth-order valence-electron chi connectivity index (χ4n) is 3.91. The van der Waals surface area contributed by atoms with Crippen molar-refractivity contribution < 1.29 is 14.3 Å². The van der Waals surface area contributed by atoms with Crippen molar-refractivity contribution >= 4 is 49.8 Å². The number of rotatable bonds is 7. The second kappa shape index (κ2) is 8.70. The van der Waals surface area contributed by atoms with Crippen molar-refractivity contribution in [3.63, 3.8) is 0 Å². The highest BCUT2D eigenvalue weighted by Gasteiger charge is 2.14. The van der Waals surface area contributed by atoms with Crippen LogP contribution >= 0.6 is 0 Å². The van der Waals surface area contributed by atoms with Gasteiger partial charge in [-0.3, -0.25) is 14.8 Å². The van der Waals surface area contributed by atoms with Gasteiger partial charge in [0, 0.05) is 35.7 Å². The molecule has 0 saturated carbocycles. The maximum Gasteiger partial charge on any atom is 0.305 e. The number of esters is 1. The molecular weight excluding hydrogens is 404 g/mol. The Labute approximate surface area is 184 Å². The van der Waals surface area contributed by atoms with E-state index >= 15 is 0 Å². The van der Waals surface area contributed by atoms with E-state index < -0.39 is 0 Å². The Bertz CT molecular complexity index is 1450. The summed E-state index contributed by atoms with van der Waals surface area (Å²) in [6.07, 6.45) is 6.57. The van der Waals surface area contributed by atoms with Gasteiger partial charge in [-0.05, 0) is 55.7 Å². The number of fused-ring (bicyclic) bond motifs is 7. The molecule has 3 heterocycles. The van der Waals surface area contributed by atoms with E-state index in [2.05, 4.69) is 14.7 Å². The predicted molar refractivity (Wildman–Crippen MR) is 124 cm³/mol. The van der Waals surface area contributed by atoms with Crippen LogP contribution in [0, 0.1) is 0 Å². The van der Waals surface area contributed by atoms with Gasteiger partial charge in [0.05, 0.1) is 46.8 Å². The zero-order valence-electron chi connectivity index (χ0n) is 17.7. The molecule has 0 atom stereocenters. The second-order valence-electron chi connectivity index (χ2n) is 7.61. The summed E-state index contributed by atoms with van der Waals surface area (Å²) in [6, 6.07) is 13.6. The molecule has 0 amide bonds. The van der Waals surface area contributed by atoms with Crippen LogP contribution in [0.4, 0.5) is 0 Å². The summed E-state index contributed by atoms with van der Waals surface area (Å²) in [5.74, 6) is 0.585. The minimum absolute atomic E-state index is 0.169. The Morgan fingerprint density at radius 2 is 1.50 bits per heavy atom. The molecule has 0 fully saturated rings. The molecule has 0 radical (unpaired) electrons. The first-order chi connectivity index (χ1) is 15.7. The smallest absolute Gasteiger partial charge is 0.305 e. The Morgan fingerprint density at radius 1 is 0.812 bits per heavy atom. The average Bonchev–Trinajstić information content (AvgIpc) is 2.85. The summed E-state index contributed by atoms with van der Waals surface area (Å²) in [6.45, 7) is 0.580. The largest absolute Gasteiger partial charge is 0.494 e. The van der Waals surface area contributed by atoms with Crippen LogP contribution in [0.3, 0.4) is 0 Å². The molecule has 160 valence electrons. The summed E-state index contributed by atoms with van der Waals surface area (Å²) < 4.78 is 10.6. The van der Waals surface area contributed by atoms with Crippen LogP contribution in [0.5, 0.6) is 5.75 Å². The number of benzene rings is 2. The van der Waals surface area contributed by atoms with Gasteiger partial charge < -0.3 is 9.47 Å². The zero-order valence-corrected chi connectivity index (χ0v) is 17.7. The molecule has 0 saturated heterocycles. The highest BCUT2D eigenvalue weighted by atomic mass is 16.5. The summed E-state index contributed by atoms with van der Waals surface area (Å²) >= 11 is 0. The van der Waals surface area contributed by atoms with Crippen molar-refractivity contribution in [2.75, 3.05) is 13.7 Å². The first-order valence-electron chi connectivity index (χ1n) is 10.7. The Morgan fingerprint density at radius 3 is 2.19 bits per heavy atom. The van der Waals surface area contributed by atoms with E-state index in [1.54, 1.807) is 12.4 Å². The van der Waals surface area contributed by atoms with Crippen LogP contribution < -0.4 is 4.74 Å². The Balaban J connectivity index is 1.45. The Hall–Kier alpha value is -3.87. The van der Waals surface area contributed by atoms with Gasteiger partial charge in [0.25, 0.3) is 0 Å². The van der Waals surface area contributed by atoms with Crippen molar-refractivity contribution in [3.05, 3.63) is 54.9 Å². The molecule has 0 unspecified atom stereocenters. The predicted octanol–water partition coefficient (Wildman–Crippen LogP) is 4.99. The van der Waals surface area contributed by atoms with Crippen LogP contribution in [0.1, 0.15) is 25.7 Å². The standard InChI is InChI=1S/C25H22N4O3/c1-31-21(30)9-3-2-4-14-32-16-10-11-19-20(15-16)29-25-18-8-6-13-27-23(18)22-17(24(25)28-19)7-5-12-26-22/h5-8,10-13,15H,2-4,9,14H2,1H3. The number of hydrogen-bond donors (Lipinski definition) is 0. The van der Waals surface area contributed by atoms with Gasteiger partial charge in [-0.1, -0.05) is 0 Å². The fraction of sp³-hybridized carbons (Fsp3) is 0.240. The number of ether oxygens (including phenoxy) is 2. The quantitative estimate of drug-likeness (QED) is 0.157. The van der Waals surface area contributed by atoms with Crippen molar-refractivity contribution in [1.82, 2.24) is 19.9 Å². The summed E-state index contributed by atoms with van der Waals surface area (Å²) in [5, 5.41) is 1.87. The Kier molecular flexibility index (Phi) is 5.46. The molecule has 5 rings (SSSR count). The zero-order chi connectivity index (χ0) is 21.9. The third-order valence-corrected chi connectivity index (χ3v) is 5.51. The molecule has 0 N–H and O–H groups in total. The minimum Gasteiger partial charge on any atom is -0.494 e. The average molecular weight is 426 g/mol. The first-order valence-corrected chi connectivity index (χ1v) is 10.7. The number of pyridine rings is 2. The number of aromatic nitrogens is 4. The lowest BCUT2D eigenvalue weighted by molar-refractivity contribution is -0.140. The lowest BCUT2D eigenvalue weighted by Crippen LogP contribution is -2.01. The molecule has 0 aliphatic rings. The topological polar surface area (TPSA) is 87.1 Å². The minimum atomic E-state index is -0.169. The van der Waals surface area contributed by atoms with E-state index in [1.807, 2.05) is 42.5 Å². The number of nitrogens with zero attached hydrogens (tertiary/aromatic N) is 4. The normalized spacial score (nSPS) is 11.4. The first kappa shape index (κ1) is 20.1. The molecule has 0 spiro atoms. The fourth-order valence-corrected chi connectivity index (χ4v) is 3.91. The maximum absolute atomic E-state index is 11.2. The number of carbonyl (C=O) groups is 1. The van der Waals surface area contributed by atoms with E-state index in [0.717, 1.165) is 68.9 Å². The van der Waals surface area contributed by atoms with Gasteiger partial charge in [-0.25, -0.2) is 9.97 Å². The van der Waals surface area contributed by atoms with Crippen LogP contribution in [0.25, 0.3) is 43.9 Å². The van der Waals surface area contributed by atoms with E-state index in [4.69, 9.17) is 14.7 Å². The number of carbonyl (C=O) groups excluding carboxylic acids is 1. The van der Waals surface area contributed by atoms with Crippen molar-refractivity contribution in [2.24, 2.45) is 0 Å². The van der Waals surface area contributed by atoms with Crippen LogP contribution in [-0.4, -0.2) is 39.6 Å². The van der Waals surface area contributed by atoms with Gasteiger partial charge >= 0.3 is 5.97 Å². The van der Waals surface area contributed by atoms with Crippen LogP contribution in [0.15, 0.2) is 54.9 Å². The number of unbranched alkanes of at least 4 members (excludes halogenated alkanes) is 2. The number of methoxy groups -OCH3 is 1. The monoisotopic (exact) mass is 426 g/mol. The molecule has 0 bridgehead atoms. The molecule has 0 aliphatic heterocycles. The van der Waals surface area contributed by atoms with Crippen molar-refractivity contribution in [1.29, 1.82) is 0 Å². The molecule has 2 aromatic carbocycles. The molecule has 32 heavy (non-hydrogen) atoms. The summed E-state index contributed by atoms with van der Waals surface area (Å²) in [5.41, 5.74) is 4.85. The van der Waals surface area contributed by atoms with E-state index in [1.165, 1.54) is 7.11 Å². The van der Waals surface area contributed by atoms with Gasteiger partial charge in [0.2, 0.25) is 0 Å². The molecule has 7 heteroatoms.